The molecule has 15 aromatic carbocycles. The smallest absolute Gasteiger partial charge is 0.456 e. The molecule has 660 valence electrons. The standard InChI is InChI=1S/C100H86N2O24P4/c1-51(2)67-15-13-16-68(52(3)4)95(67)101-97(103)75-47-83(119-79-39-23-57(11)43-71(79)59-25-19-55(9)20-26-59)89-90-84(120-80-40-24-58(12)44-72(80)60-27-21-56(10)22-28-60)48-76-88-78(100(106)102(98(76)104)96-69(53(5)6)17-14-18-70(96)54(7)8)50-86(122-82-42-38-66(126-130(116,117)118)46-74(82)62-31-35-64(36-32-62)124-128(110,111)112)92(94(88)90)91-85(49-77(99(101)105)87(75)93(89)91)121-81-41-37-65(125-129(113,114)115)45-73(81)61-29-33-63(34-30-61)123-127(107,108)109/h13-54H,1-12H3,(H2,107,108,109)(H2,110,111,112)(H2,113,114,115)(H2,116,117,118). The molecule has 0 unspecified atom stereocenters. The number of para-hydroxylation sites is 2. The molecule has 2 aliphatic rings. The maximum absolute atomic E-state index is 17.3. The molecule has 0 spiro atoms. The van der Waals surface area contributed by atoms with Gasteiger partial charge in [-0.25, -0.2) is 28.1 Å². The van der Waals surface area contributed by atoms with Crippen LogP contribution in [0.15, 0.2) is 231 Å². The first-order valence-electron chi connectivity index (χ1n) is 41.5. The first-order chi connectivity index (χ1) is 61.5. The predicted octanol–water partition coefficient (Wildman–Crippen LogP) is 24.8. The van der Waals surface area contributed by atoms with E-state index in [0.717, 1.165) is 32.1 Å². The quantitative estimate of drug-likeness (QED) is 0.0108. The number of hydrogen-bond donors (Lipinski definition) is 8. The molecule has 0 aromatic heterocycles. The van der Waals surface area contributed by atoms with E-state index >= 15 is 19.2 Å². The summed E-state index contributed by atoms with van der Waals surface area (Å²) >= 11 is 0. The van der Waals surface area contributed by atoms with Gasteiger partial charge in [0, 0.05) is 65.3 Å². The highest BCUT2D eigenvalue weighted by atomic mass is 31.2. The van der Waals surface area contributed by atoms with E-state index < -0.39 is 66.4 Å². The number of fused-ring (bicyclic) bond motifs is 2. The van der Waals surface area contributed by atoms with E-state index in [1.54, 1.807) is 24.3 Å². The Kier molecular flexibility index (Phi) is 23.1. The number of benzene rings is 15. The van der Waals surface area contributed by atoms with Gasteiger partial charge in [0.1, 0.15) is 69.0 Å². The van der Waals surface area contributed by atoms with Crippen LogP contribution in [-0.2, 0) is 18.3 Å². The second-order valence-corrected chi connectivity index (χ2v) is 38.3. The van der Waals surface area contributed by atoms with E-state index in [-0.39, 0.29) is 180 Å². The summed E-state index contributed by atoms with van der Waals surface area (Å²) in [6.45, 7) is 23.2. The lowest BCUT2D eigenvalue weighted by atomic mass is 9.80. The zero-order valence-electron chi connectivity index (χ0n) is 72.0. The third-order valence-electron chi connectivity index (χ3n) is 23.0. The first-order valence-corrected chi connectivity index (χ1v) is 47.6. The van der Waals surface area contributed by atoms with Crippen molar-refractivity contribution >= 4 is 109 Å². The molecule has 30 heteroatoms. The number of phosphoric acid groups is 4. The van der Waals surface area contributed by atoms with Gasteiger partial charge < -0.3 is 37.0 Å². The van der Waals surface area contributed by atoms with E-state index in [9.17, 15) is 57.4 Å². The normalized spacial score (nSPS) is 13.2. The molecule has 8 N–H and O–H groups in total. The van der Waals surface area contributed by atoms with Crippen molar-refractivity contribution in [3.05, 3.63) is 297 Å². The van der Waals surface area contributed by atoms with Gasteiger partial charge in [0.25, 0.3) is 23.6 Å². The molecule has 4 amide bonds. The summed E-state index contributed by atoms with van der Waals surface area (Å²) in [6.07, 6.45) is 0. The number of anilines is 2. The van der Waals surface area contributed by atoms with Gasteiger partial charge in [-0.2, -0.15) is 0 Å². The molecule has 0 fully saturated rings. The van der Waals surface area contributed by atoms with Crippen molar-refractivity contribution in [3.8, 4) is 114 Å². The average Bonchev–Trinajstić information content (AvgIpc) is 0.667. The van der Waals surface area contributed by atoms with Crippen LogP contribution in [0, 0.1) is 27.7 Å². The van der Waals surface area contributed by atoms with Gasteiger partial charge in [-0.1, -0.05) is 199 Å². The van der Waals surface area contributed by atoms with E-state index in [1.807, 2.05) is 192 Å². The molecule has 0 aliphatic carbocycles. The van der Waals surface area contributed by atoms with Crippen LogP contribution in [-0.4, -0.2) is 62.8 Å². The number of aryl methyl sites for hydroxylation is 4. The number of rotatable bonds is 26. The van der Waals surface area contributed by atoms with Crippen molar-refractivity contribution in [1.82, 2.24) is 0 Å². The summed E-state index contributed by atoms with van der Waals surface area (Å²) in [5, 5.41) is -0.00857. The second kappa shape index (κ2) is 33.7. The fraction of sp³-hybridized carbons (Fsp3) is 0.160. The Labute approximate surface area is 746 Å². The third-order valence-corrected chi connectivity index (χ3v) is 24.8. The Bertz CT molecular complexity index is 6950. The summed E-state index contributed by atoms with van der Waals surface area (Å²) in [5.41, 5.74) is 8.84. The van der Waals surface area contributed by atoms with E-state index in [0.29, 0.717) is 44.5 Å². The lowest BCUT2D eigenvalue weighted by Crippen LogP contribution is -2.42. The van der Waals surface area contributed by atoms with Crippen molar-refractivity contribution in [2.24, 2.45) is 0 Å². The molecule has 2 heterocycles. The fourth-order valence-corrected chi connectivity index (χ4v) is 18.9. The summed E-state index contributed by atoms with van der Waals surface area (Å²) in [7, 11) is -21.2. The summed E-state index contributed by atoms with van der Waals surface area (Å²) in [4.78, 5) is 153. The van der Waals surface area contributed by atoms with Gasteiger partial charge >= 0.3 is 31.3 Å². The zero-order chi connectivity index (χ0) is 92.5. The maximum Gasteiger partial charge on any atom is 0.524 e. The summed E-state index contributed by atoms with van der Waals surface area (Å²) < 4.78 is 102. The van der Waals surface area contributed by atoms with Crippen LogP contribution in [0.4, 0.5) is 11.4 Å². The Morgan fingerprint density at radius 3 is 0.715 bits per heavy atom. The number of amides is 4. The molecule has 2 aliphatic heterocycles. The number of nitrogens with zero attached hydrogens (tertiary/aromatic N) is 2. The lowest BCUT2D eigenvalue weighted by molar-refractivity contribution is 0.0877. The number of ether oxygens (including phenoxy) is 4. The van der Waals surface area contributed by atoms with Crippen molar-refractivity contribution in [3.63, 3.8) is 0 Å². The van der Waals surface area contributed by atoms with Crippen LogP contribution < -0.4 is 46.8 Å². The van der Waals surface area contributed by atoms with Crippen LogP contribution in [0.1, 0.15) is 165 Å². The van der Waals surface area contributed by atoms with E-state index in [2.05, 4.69) is 0 Å². The van der Waals surface area contributed by atoms with E-state index in [1.165, 1.54) is 97.1 Å². The Morgan fingerprint density at radius 2 is 0.462 bits per heavy atom. The minimum atomic E-state index is -5.39. The SMILES string of the molecule is Cc1ccc(-c2cc(C)ccc2Oc2cc3c4c(cc(Oc5ccc(OP(=O)(O)O)cc5-c5ccc(OP(=O)(O)O)cc5)c5c6c(Oc7ccc(OP(=O)(O)O)cc7-c7ccc(OP(=O)(O)O)cc7)cc7c8c(cc(Oc9ccc(C)cc9-c9ccc(C)cc9)c(c2c45)c86)C(=O)N(c2c(C(C)C)cccc2C(C)C)C7=O)C(=O)N(c2c(C(C)C)cccc2C(C)C)C3=O)cc1. The molecular formula is C100H86N2O24P4. The fourth-order valence-electron chi connectivity index (χ4n) is 17.3. The van der Waals surface area contributed by atoms with Gasteiger partial charge in [0.15, 0.2) is 0 Å². The molecular weight excluding hydrogens is 1740 g/mol. The first kappa shape index (κ1) is 88.9. The molecule has 0 radical (unpaired) electrons. The van der Waals surface area contributed by atoms with Crippen LogP contribution >= 0.6 is 31.3 Å². The van der Waals surface area contributed by atoms with Gasteiger partial charge in [0.2, 0.25) is 0 Å². The topological polar surface area (TPSA) is 379 Å². The molecule has 26 nitrogen and oxygen atoms in total. The van der Waals surface area contributed by atoms with E-state index in [4.69, 9.17) is 37.0 Å². The molecule has 17 rings (SSSR count). The predicted molar refractivity (Wildman–Crippen MR) is 497 cm³/mol. The molecule has 0 atom stereocenters. The molecule has 0 bridgehead atoms. The van der Waals surface area contributed by atoms with Crippen molar-refractivity contribution in [1.29, 1.82) is 0 Å². The van der Waals surface area contributed by atoms with Crippen molar-refractivity contribution in [2.45, 2.75) is 107 Å². The number of phosphoric ester groups is 4. The lowest BCUT2D eigenvalue weighted by Gasteiger charge is -2.35. The molecule has 15 aromatic rings. The molecule has 130 heavy (non-hydrogen) atoms. The van der Waals surface area contributed by atoms with Crippen LogP contribution in [0.3, 0.4) is 0 Å². The van der Waals surface area contributed by atoms with Crippen molar-refractivity contribution in [2.75, 3.05) is 9.80 Å². The van der Waals surface area contributed by atoms with Gasteiger partial charge in [-0.15, -0.1) is 0 Å². The minimum Gasteiger partial charge on any atom is -0.456 e. The number of hydrogen-bond acceptors (Lipinski definition) is 16. The third kappa shape index (κ3) is 17.1. The zero-order valence-corrected chi connectivity index (χ0v) is 75.6. The summed E-state index contributed by atoms with van der Waals surface area (Å²) in [6, 6.07) is 61.6. The van der Waals surface area contributed by atoms with Gasteiger partial charge in [0.05, 0.1) is 33.6 Å². The second-order valence-electron chi connectivity index (χ2n) is 33.6. The van der Waals surface area contributed by atoms with Crippen LogP contribution in [0.2, 0.25) is 0 Å². The maximum atomic E-state index is 17.3. The average molecular weight is 1820 g/mol. The highest BCUT2D eigenvalue weighted by Gasteiger charge is 2.45. The highest BCUT2D eigenvalue weighted by Crippen LogP contribution is 2.61. The largest absolute Gasteiger partial charge is 0.524 e. The van der Waals surface area contributed by atoms with Crippen LogP contribution in [0.25, 0.3) is 87.6 Å². The Hall–Kier alpha value is -13.1. The van der Waals surface area contributed by atoms with Crippen molar-refractivity contribution < 1.29 is 114 Å². The monoisotopic (exact) mass is 1820 g/mol. The number of carbonyl (C=O) groups excluding carboxylic acids is 4. The van der Waals surface area contributed by atoms with Gasteiger partial charge in [-0.05, 0) is 205 Å². The molecule has 0 saturated carbocycles. The Balaban J connectivity index is 1.12. The van der Waals surface area contributed by atoms with Crippen LogP contribution in [0.5, 0.6) is 69.0 Å². The molecule has 0 saturated heterocycles. The highest BCUT2D eigenvalue weighted by molar-refractivity contribution is 7.47. The van der Waals surface area contributed by atoms with Gasteiger partial charge in [-0.3, -0.25) is 58.3 Å². The number of imide groups is 2. The number of carbonyl (C=O) groups is 4. The summed E-state index contributed by atoms with van der Waals surface area (Å²) in [5.74, 6) is -6.72. The Morgan fingerprint density at radius 1 is 0.238 bits per heavy atom. The minimum absolute atomic E-state index is 0.00768.